The van der Waals surface area contributed by atoms with Crippen LogP contribution in [0.4, 0.5) is 24.7 Å². The average Bonchev–Trinajstić information content (AvgIpc) is 3.41. The number of hydrogen-bond donors (Lipinski definition) is 1. The number of halogens is 3. The van der Waals surface area contributed by atoms with Gasteiger partial charge < -0.3 is 14.3 Å². The number of carboxylic acid groups (broad SMARTS) is 1. The number of alkyl halides is 3. The van der Waals surface area contributed by atoms with Crippen LogP contribution < -0.4 is 9.04 Å². The summed E-state index contributed by atoms with van der Waals surface area (Å²) in [6, 6.07) is 19.2. The number of aliphatic carboxylic acids is 1. The van der Waals surface area contributed by atoms with E-state index in [-0.39, 0.29) is 23.6 Å². The molecule has 0 spiro atoms. The van der Waals surface area contributed by atoms with Crippen LogP contribution in [0.15, 0.2) is 100 Å². The predicted molar refractivity (Wildman–Crippen MR) is 139 cm³/mol. The van der Waals surface area contributed by atoms with E-state index < -0.39 is 56.1 Å². The minimum absolute atomic E-state index is 0.0469. The predicted octanol–water partition coefficient (Wildman–Crippen LogP) is 5.68. The molecule has 0 radical (unpaired) electrons. The molecule has 10 nitrogen and oxygen atoms in total. The SMILES string of the molecule is O=C(O)[C@H](Cc1ccccc1)Oc1ccc(N(Cc2ccc([N+](=O)[O-])o2)S(=O)(=O)c2cccc(C(F)(F)F)c2)cc1. The summed E-state index contributed by atoms with van der Waals surface area (Å²) in [5.74, 6) is -1.95. The van der Waals surface area contributed by atoms with Crippen molar-refractivity contribution in [2.24, 2.45) is 0 Å². The molecule has 214 valence electrons. The van der Waals surface area contributed by atoms with Crippen LogP contribution in [-0.4, -0.2) is 30.5 Å². The van der Waals surface area contributed by atoms with Crippen LogP contribution in [0.1, 0.15) is 16.9 Å². The van der Waals surface area contributed by atoms with E-state index in [4.69, 9.17) is 9.15 Å². The highest BCUT2D eigenvalue weighted by molar-refractivity contribution is 7.92. The van der Waals surface area contributed by atoms with Crippen LogP contribution in [0.25, 0.3) is 0 Å². The van der Waals surface area contributed by atoms with Crippen molar-refractivity contribution >= 4 is 27.6 Å². The Kier molecular flexibility index (Phi) is 8.33. The summed E-state index contributed by atoms with van der Waals surface area (Å²) in [4.78, 5) is 21.3. The Morgan fingerprint density at radius 2 is 1.68 bits per heavy atom. The second-order valence-corrected chi connectivity index (χ2v) is 10.5. The van der Waals surface area contributed by atoms with E-state index in [2.05, 4.69) is 0 Å². The second-order valence-electron chi connectivity index (χ2n) is 8.66. The maximum Gasteiger partial charge on any atom is 0.433 e. The van der Waals surface area contributed by atoms with Crippen molar-refractivity contribution in [2.75, 3.05) is 4.31 Å². The average molecular weight is 591 g/mol. The van der Waals surface area contributed by atoms with Gasteiger partial charge in [0.05, 0.1) is 28.8 Å². The van der Waals surface area contributed by atoms with E-state index in [0.29, 0.717) is 15.9 Å². The fraction of sp³-hybridized carbons (Fsp3) is 0.148. The van der Waals surface area contributed by atoms with Crippen LogP contribution in [0.3, 0.4) is 0 Å². The van der Waals surface area contributed by atoms with Gasteiger partial charge in [-0.25, -0.2) is 13.2 Å². The van der Waals surface area contributed by atoms with Crippen LogP contribution in [0.2, 0.25) is 0 Å². The summed E-state index contributed by atoms with van der Waals surface area (Å²) in [6.07, 6.45) is -6.03. The number of anilines is 1. The Labute approximate surface area is 231 Å². The van der Waals surface area contributed by atoms with E-state index in [1.54, 1.807) is 30.3 Å². The van der Waals surface area contributed by atoms with E-state index >= 15 is 0 Å². The Morgan fingerprint density at radius 1 is 1.00 bits per heavy atom. The summed E-state index contributed by atoms with van der Waals surface area (Å²) in [6.45, 7) is -0.599. The lowest BCUT2D eigenvalue weighted by Gasteiger charge is -2.24. The van der Waals surface area contributed by atoms with Gasteiger partial charge >= 0.3 is 18.0 Å². The van der Waals surface area contributed by atoms with Gasteiger partial charge in [0.15, 0.2) is 6.10 Å². The number of rotatable bonds is 11. The first-order valence-electron chi connectivity index (χ1n) is 11.8. The molecule has 1 atom stereocenters. The Hall–Kier alpha value is -4.85. The molecule has 0 unspecified atom stereocenters. The van der Waals surface area contributed by atoms with Crippen molar-refractivity contribution in [3.05, 3.63) is 118 Å². The van der Waals surface area contributed by atoms with Crippen LogP contribution in [-0.2, 0) is 34.0 Å². The molecule has 4 rings (SSSR count). The van der Waals surface area contributed by atoms with Gasteiger partial charge in [-0.2, -0.15) is 13.2 Å². The zero-order chi connectivity index (χ0) is 29.8. The lowest BCUT2D eigenvalue weighted by Crippen LogP contribution is -2.31. The fourth-order valence-electron chi connectivity index (χ4n) is 3.83. The fourth-order valence-corrected chi connectivity index (χ4v) is 5.31. The molecule has 41 heavy (non-hydrogen) atoms. The molecule has 0 aliphatic carbocycles. The van der Waals surface area contributed by atoms with Crippen molar-refractivity contribution in [1.82, 2.24) is 0 Å². The summed E-state index contributed by atoms with van der Waals surface area (Å²) in [5.41, 5.74) is -0.528. The van der Waals surface area contributed by atoms with Crippen molar-refractivity contribution in [2.45, 2.75) is 30.1 Å². The van der Waals surface area contributed by atoms with Gasteiger partial charge in [-0.05, 0) is 54.1 Å². The Balaban J connectivity index is 1.67. The molecule has 1 heterocycles. The molecular weight excluding hydrogens is 569 g/mol. The van der Waals surface area contributed by atoms with Crippen molar-refractivity contribution in [3.63, 3.8) is 0 Å². The normalized spacial score (nSPS) is 12.5. The van der Waals surface area contributed by atoms with Gasteiger partial charge in [0.2, 0.25) is 0 Å². The molecule has 0 aliphatic heterocycles. The zero-order valence-electron chi connectivity index (χ0n) is 20.9. The molecule has 3 aromatic carbocycles. The zero-order valence-corrected chi connectivity index (χ0v) is 21.7. The highest BCUT2D eigenvalue weighted by atomic mass is 32.2. The molecule has 1 aromatic heterocycles. The highest BCUT2D eigenvalue weighted by Crippen LogP contribution is 2.33. The molecule has 0 saturated carbocycles. The number of furan rings is 1. The number of carbonyl (C=O) groups is 1. The minimum Gasteiger partial charge on any atom is -0.478 e. The van der Waals surface area contributed by atoms with E-state index in [9.17, 15) is 41.6 Å². The standard InChI is InChI=1S/C27H21F3N2O8S/c28-27(29,30)19-7-4-8-23(16-19)41(37,38)31(17-22-13-14-25(40-22)32(35)36)20-9-11-21(12-10-20)39-24(26(33)34)15-18-5-2-1-3-6-18/h1-14,16,24H,15,17H2,(H,33,34)/t24-/m0/s1. The molecular formula is C27H21F3N2O8S. The summed E-state index contributed by atoms with van der Waals surface area (Å²) < 4.78 is 78.5. The second kappa shape index (κ2) is 11.7. The van der Waals surface area contributed by atoms with Crippen LogP contribution >= 0.6 is 0 Å². The third-order valence-electron chi connectivity index (χ3n) is 5.82. The number of benzene rings is 3. The van der Waals surface area contributed by atoms with Gasteiger partial charge in [-0.15, -0.1) is 0 Å². The van der Waals surface area contributed by atoms with Gasteiger partial charge in [0.25, 0.3) is 10.0 Å². The first kappa shape index (κ1) is 29.1. The highest BCUT2D eigenvalue weighted by Gasteiger charge is 2.34. The van der Waals surface area contributed by atoms with E-state index in [1.165, 1.54) is 30.3 Å². The lowest BCUT2D eigenvalue weighted by molar-refractivity contribution is -0.402. The first-order chi connectivity index (χ1) is 19.3. The van der Waals surface area contributed by atoms with Crippen molar-refractivity contribution in [1.29, 1.82) is 0 Å². The summed E-state index contributed by atoms with van der Waals surface area (Å²) in [5, 5.41) is 20.6. The van der Waals surface area contributed by atoms with Crippen molar-refractivity contribution < 1.29 is 45.6 Å². The van der Waals surface area contributed by atoms with Crippen LogP contribution in [0.5, 0.6) is 5.75 Å². The lowest BCUT2D eigenvalue weighted by atomic mass is 10.1. The molecule has 1 N–H and O–H groups in total. The van der Waals surface area contributed by atoms with Gasteiger partial charge in [0.1, 0.15) is 16.4 Å². The first-order valence-corrected chi connectivity index (χ1v) is 13.2. The van der Waals surface area contributed by atoms with E-state index in [1.807, 2.05) is 0 Å². The third kappa shape index (κ3) is 7.03. The van der Waals surface area contributed by atoms with Crippen molar-refractivity contribution in [3.8, 4) is 5.75 Å². The maximum atomic E-state index is 13.6. The molecule has 0 fully saturated rings. The number of ether oxygens (including phenoxy) is 1. The number of carboxylic acids is 1. The minimum atomic E-state index is -4.81. The number of nitro groups is 1. The molecule has 4 aromatic rings. The van der Waals surface area contributed by atoms with Gasteiger partial charge in [-0.1, -0.05) is 36.4 Å². The number of nitrogens with zero attached hydrogens (tertiary/aromatic N) is 2. The summed E-state index contributed by atoms with van der Waals surface area (Å²) in [7, 11) is -4.67. The molecule has 0 saturated heterocycles. The largest absolute Gasteiger partial charge is 0.478 e. The quantitative estimate of drug-likeness (QED) is 0.174. The topological polar surface area (TPSA) is 140 Å². The molecule has 0 bridgehead atoms. The molecule has 14 heteroatoms. The maximum absolute atomic E-state index is 13.6. The molecule has 0 amide bonds. The Morgan fingerprint density at radius 3 is 2.27 bits per heavy atom. The third-order valence-corrected chi connectivity index (χ3v) is 7.59. The molecule has 0 aliphatic rings. The van der Waals surface area contributed by atoms with Gasteiger partial charge in [-0.3, -0.25) is 14.4 Å². The smallest absolute Gasteiger partial charge is 0.433 e. The number of hydrogen-bond acceptors (Lipinski definition) is 7. The summed E-state index contributed by atoms with van der Waals surface area (Å²) >= 11 is 0. The van der Waals surface area contributed by atoms with E-state index in [0.717, 1.165) is 24.3 Å². The monoisotopic (exact) mass is 590 g/mol. The Bertz CT molecular complexity index is 1640. The van der Waals surface area contributed by atoms with Crippen LogP contribution in [0, 0.1) is 10.1 Å². The van der Waals surface area contributed by atoms with Gasteiger partial charge in [0, 0.05) is 6.42 Å². The number of sulfonamides is 1.